The van der Waals surface area contributed by atoms with Crippen LogP contribution in [-0.2, 0) is 18.6 Å². The molecule has 170 valence electrons. The largest absolute Gasteiger partial charge is 0.648 e. The molecule has 4 rings (SSSR count). The third kappa shape index (κ3) is 5.56. The summed E-state index contributed by atoms with van der Waals surface area (Å²) in [5.74, 6) is 0.463. The Hall–Kier alpha value is -3.12. The minimum Gasteiger partial charge on any atom is -0.487 e. The summed E-state index contributed by atoms with van der Waals surface area (Å²) in [5.41, 5.74) is -1.18. The van der Waals surface area contributed by atoms with Crippen LogP contribution < -0.4 is 9.05 Å². The van der Waals surface area contributed by atoms with Crippen LogP contribution in [0.1, 0.15) is 33.6 Å². The summed E-state index contributed by atoms with van der Waals surface area (Å²) in [6.07, 6.45) is 2.24. The summed E-state index contributed by atoms with van der Waals surface area (Å²) >= 11 is 0. The van der Waals surface area contributed by atoms with Crippen molar-refractivity contribution in [1.29, 1.82) is 0 Å². The van der Waals surface area contributed by atoms with Crippen LogP contribution in [0.5, 0.6) is 11.5 Å². The van der Waals surface area contributed by atoms with E-state index in [0.29, 0.717) is 0 Å². The van der Waals surface area contributed by atoms with Gasteiger partial charge in [0.05, 0.1) is 6.54 Å². The lowest BCUT2D eigenvalue weighted by Crippen LogP contribution is -2.45. The van der Waals surface area contributed by atoms with E-state index in [1.54, 1.807) is 81.4 Å². The first kappa shape index (κ1) is 22.1. The third-order valence-corrected chi connectivity index (χ3v) is 5.95. The van der Waals surface area contributed by atoms with E-state index in [1.165, 1.54) is 11.2 Å². The first-order valence-corrected chi connectivity index (χ1v) is 11.8. The maximum atomic E-state index is 13.7. The van der Waals surface area contributed by atoms with Gasteiger partial charge in [-0.25, -0.2) is 9.69 Å². The quantitative estimate of drug-likeness (QED) is 0.500. The summed E-state index contributed by atoms with van der Waals surface area (Å²) in [6, 6.07) is 17.0. The third-order valence-electron chi connectivity index (χ3n) is 4.67. The average Bonchev–Trinajstić information content (AvgIpc) is 3.48. The molecule has 0 saturated heterocycles. The van der Waals surface area contributed by atoms with E-state index in [9.17, 15) is 9.36 Å². The van der Waals surface area contributed by atoms with Gasteiger partial charge in [0.15, 0.2) is 0 Å². The van der Waals surface area contributed by atoms with Crippen LogP contribution in [0.2, 0.25) is 0 Å². The fraction of sp³-hybridized carbons (Fsp3) is 0.348. The summed E-state index contributed by atoms with van der Waals surface area (Å²) in [6.45, 7) is 5.52. The topological polar surface area (TPSA) is 83.5 Å². The number of nitrogens with zero attached hydrogens (tertiary/aromatic N) is 1. The van der Waals surface area contributed by atoms with E-state index >= 15 is 0 Å². The van der Waals surface area contributed by atoms with Crippen molar-refractivity contribution < 1.29 is 32.4 Å². The summed E-state index contributed by atoms with van der Waals surface area (Å²) in [5, 5.41) is 0. The lowest BCUT2D eigenvalue weighted by molar-refractivity contribution is -0.0132. The van der Waals surface area contributed by atoms with E-state index < -0.39 is 25.1 Å². The van der Waals surface area contributed by atoms with Crippen LogP contribution >= 0.6 is 7.82 Å². The van der Waals surface area contributed by atoms with Gasteiger partial charge in [-0.05, 0) is 57.9 Å². The zero-order valence-electron chi connectivity index (χ0n) is 18.2. The molecule has 0 radical (unpaired) electrons. The number of ether oxygens (including phenoxy) is 2. The number of carbonyl (C=O) groups excluding carboxylic acids is 1. The molecule has 1 heterocycles. The summed E-state index contributed by atoms with van der Waals surface area (Å²) < 4.78 is 42.0. The second kappa shape index (κ2) is 8.43. The molecule has 1 aliphatic heterocycles. The van der Waals surface area contributed by atoms with Gasteiger partial charge in [0.1, 0.15) is 29.0 Å². The van der Waals surface area contributed by atoms with Crippen LogP contribution in [-0.4, -0.2) is 28.7 Å². The second-order valence-electron chi connectivity index (χ2n) is 8.67. The molecule has 0 atom stereocenters. The Morgan fingerprint density at radius 2 is 1.47 bits per heavy atom. The molecule has 1 amide bonds. The predicted molar refractivity (Wildman–Crippen MR) is 117 cm³/mol. The van der Waals surface area contributed by atoms with Crippen LogP contribution in [0, 0.1) is 0 Å². The molecule has 1 spiro atoms. The molecule has 2 aliphatic rings. The minimum atomic E-state index is -4.28. The Morgan fingerprint density at radius 1 is 0.938 bits per heavy atom. The highest BCUT2D eigenvalue weighted by Gasteiger charge is 2.52. The Kier molecular flexibility index (Phi) is 5.82. The Labute approximate surface area is 187 Å². The van der Waals surface area contributed by atoms with Crippen LogP contribution in [0.15, 0.2) is 72.8 Å². The maximum Gasteiger partial charge on any atom is 0.648 e. The molecule has 2 aromatic rings. The minimum absolute atomic E-state index is 0.105. The standard InChI is InChI=1S/C23H26NO7P/c1-22(2,3)28-21(25)24-17-23(14-15-23)27-16-20(24)31-32(26,29-18-10-6-4-7-11-18)30-19-12-8-5-9-13-19/h4-13,16H,14-15,17H2,1-3H3. The molecule has 32 heavy (non-hydrogen) atoms. The fourth-order valence-corrected chi connectivity index (χ4v) is 4.23. The van der Waals surface area contributed by atoms with E-state index in [-0.39, 0.29) is 23.9 Å². The van der Waals surface area contributed by atoms with Crippen molar-refractivity contribution in [2.45, 2.75) is 44.8 Å². The van der Waals surface area contributed by atoms with E-state index in [1.807, 2.05) is 0 Å². The fourth-order valence-electron chi connectivity index (χ4n) is 2.99. The van der Waals surface area contributed by atoms with Gasteiger partial charge in [-0.3, -0.25) is 0 Å². The number of para-hydroxylation sites is 2. The lowest BCUT2D eigenvalue weighted by Gasteiger charge is -2.34. The maximum absolute atomic E-state index is 13.7. The highest BCUT2D eigenvalue weighted by molar-refractivity contribution is 7.49. The molecule has 0 unspecified atom stereocenters. The normalized spacial score (nSPS) is 17.1. The van der Waals surface area contributed by atoms with E-state index in [0.717, 1.165) is 12.8 Å². The molecular weight excluding hydrogens is 433 g/mol. The Balaban J connectivity index is 1.62. The number of benzene rings is 2. The molecule has 0 aromatic heterocycles. The van der Waals surface area contributed by atoms with Gasteiger partial charge >= 0.3 is 13.9 Å². The SMILES string of the molecule is CC(C)(C)OC(=O)N1CC2(CC2)OC=C1OP(=O)(Oc1ccccc1)Oc1ccccc1. The van der Waals surface area contributed by atoms with Gasteiger partial charge in [0.25, 0.3) is 0 Å². The molecule has 1 aliphatic carbocycles. The summed E-state index contributed by atoms with van der Waals surface area (Å²) in [7, 11) is -4.28. The first-order chi connectivity index (χ1) is 15.2. The zero-order chi connectivity index (χ0) is 22.8. The first-order valence-electron chi connectivity index (χ1n) is 10.3. The highest BCUT2D eigenvalue weighted by Crippen LogP contribution is 2.53. The van der Waals surface area contributed by atoms with Gasteiger partial charge in [-0.2, -0.15) is 4.57 Å². The van der Waals surface area contributed by atoms with Crippen molar-refractivity contribution >= 4 is 13.9 Å². The van der Waals surface area contributed by atoms with E-state index in [2.05, 4.69) is 0 Å². The van der Waals surface area contributed by atoms with Crippen molar-refractivity contribution in [1.82, 2.24) is 4.90 Å². The lowest BCUT2D eigenvalue weighted by atomic mass is 10.2. The smallest absolute Gasteiger partial charge is 0.487 e. The Morgan fingerprint density at radius 3 is 1.94 bits per heavy atom. The average molecular weight is 459 g/mol. The number of carbonyl (C=O) groups is 1. The van der Waals surface area contributed by atoms with Crippen molar-refractivity contribution in [3.8, 4) is 11.5 Å². The van der Waals surface area contributed by atoms with Crippen LogP contribution in [0.3, 0.4) is 0 Å². The van der Waals surface area contributed by atoms with Gasteiger partial charge in [0, 0.05) is 0 Å². The zero-order valence-corrected chi connectivity index (χ0v) is 19.1. The molecule has 0 bridgehead atoms. The molecule has 1 saturated carbocycles. The number of phosphoric ester groups is 1. The molecule has 8 nitrogen and oxygen atoms in total. The van der Waals surface area contributed by atoms with Gasteiger partial charge in [0.2, 0.25) is 5.88 Å². The van der Waals surface area contributed by atoms with Crippen molar-refractivity contribution in [2.75, 3.05) is 6.54 Å². The number of amides is 1. The molecule has 2 aromatic carbocycles. The molecule has 1 fully saturated rings. The highest BCUT2D eigenvalue weighted by atomic mass is 31.2. The number of rotatable bonds is 6. The van der Waals surface area contributed by atoms with E-state index in [4.69, 9.17) is 23.0 Å². The van der Waals surface area contributed by atoms with Crippen LogP contribution in [0.4, 0.5) is 4.79 Å². The molecule has 0 N–H and O–H groups in total. The van der Waals surface area contributed by atoms with Crippen molar-refractivity contribution in [3.63, 3.8) is 0 Å². The number of hydrogen-bond donors (Lipinski definition) is 0. The monoisotopic (exact) mass is 459 g/mol. The summed E-state index contributed by atoms with van der Waals surface area (Å²) in [4.78, 5) is 14.2. The molecule has 9 heteroatoms. The van der Waals surface area contributed by atoms with Crippen molar-refractivity contribution in [2.24, 2.45) is 0 Å². The van der Waals surface area contributed by atoms with Crippen LogP contribution in [0.25, 0.3) is 0 Å². The van der Waals surface area contributed by atoms with Crippen molar-refractivity contribution in [3.05, 3.63) is 72.8 Å². The Bertz CT molecular complexity index is 984. The second-order valence-corrected chi connectivity index (χ2v) is 10.1. The van der Waals surface area contributed by atoms with Gasteiger partial charge < -0.3 is 23.0 Å². The molecular formula is C23H26NO7P. The predicted octanol–water partition coefficient (Wildman–Crippen LogP) is 5.87. The van der Waals surface area contributed by atoms with Gasteiger partial charge in [-0.15, -0.1) is 0 Å². The number of hydrogen-bond acceptors (Lipinski definition) is 7. The van der Waals surface area contributed by atoms with Gasteiger partial charge in [-0.1, -0.05) is 36.4 Å². The number of phosphoric acid groups is 1.